The lowest BCUT2D eigenvalue weighted by Gasteiger charge is -2.12. The average Bonchev–Trinajstić information content (AvgIpc) is 3.34. The number of aromatic nitrogens is 5. The first kappa shape index (κ1) is 20.6. The van der Waals surface area contributed by atoms with Crippen LogP contribution in [0.5, 0.6) is 0 Å². The van der Waals surface area contributed by atoms with Crippen LogP contribution in [-0.2, 0) is 23.6 Å². The minimum absolute atomic E-state index is 0.245. The number of nitrogens with zero attached hydrogens (tertiary/aromatic N) is 5. The van der Waals surface area contributed by atoms with Gasteiger partial charge in [-0.2, -0.15) is 0 Å². The fraction of sp³-hybridized carbons (Fsp3) is 0.190. The maximum Gasteiger partial charge on any atom is 0.261 e. The van der Waals surface area contributed by atoms with Gasteiger partial charge in [0, 0.05) is 6.54 Å². The van der Waals surface area contributed by atoms with E-state index in [9.17, 15) is 9.59 Å². The van der Waals surface area contributed by atoms with Crippen LogP contribution in [0.25, 0.3) is 22.3 Å². The number of carbonyl (C=O) groups is 1. The molecule has 3 aromatic heterocycles. The lowest BCUT2D eigenvalue weighted by atomic mass is 10.2. The highest BCUT2D eigenvalue weighted by Gasteiger charge is 2.19. The van der Waals surface area contributed by atoms with Gasteiger partial charge in [0.1, 0.15) is 18.1 Å². The zero-order valence-electron chi connectivity index (χ0n) is 16.8. The van der Waals surface area contributed by atoms with Crippen molar-refractivity contribution >= 4 is 28.6 Å². The van der Waals surface area contributed by atoms with Crippen molar-refractivity contribution in [2.45, 2.75) is 30.9 Å². The van der Waals surface area contributed by atoms with Gasteiger partial charge in [-0.3, -0.25) is 18.7 Å². The largest absolute Gasteiger partial charge is 0.469 e. The summed E-state index contributed by atoms with van der Waals surface area (Å²) in [5.41, 5.74) is 6.47. The first-order valence-electron chi connectivity index (χ1n) is 9.47. The number of para-hydroxylation sites is 1. The third kappa shape index (κ3) is 4.02. The Bertz CT molecular complexity index is 1340. The molecule has 9 nitrogen and oxygen atoms in total. The topological polar surface area (TPSA) is 122 Å². The van der Waals surface area contributed by atoms with Gasteiger partial charge in [-0.05, 0) is 25.1 Å². The molecule has 158 valence electrons. The predicted molar refractivity (Wildman–Crippen MR) is 117 cm³/mol. The van der Waals surface area contributed by atoms with Gasteiger partial charge in [0.25, 0.3) is 5.56 Å². The van der Waals surface area contributed by atoms with Crippen LogP contribution in [0, 0.1) is 6.92 Å². The van der Waals surface area contributed by atoms with Crippen molar-refractivity contribution in [3.8, 4) is 11.4 Å². The molecule has 2 N–H and O–H groups in total. The summed E-state index contributed by atoms with van der Waals surface area (Å²) in [6.45, 7) is 5.92. The quantitative estimate of drug-likeness (QED) is 0.333. The zero-order valence-corrected chi connectivity index (χ0v) is 17.6. The van der Waals surface area contributed by atoms with E-state index in [-0.39, 0.29) is 12.1 Å². The Hall–Kier alpha value is -3.66. The van der Waals surface area contributed by atoms with Gasteiger partial charge < -0.3 is 10.2 Å². The summed E-state index contributed by atoms with van der Waals surface area (Å²) >= 11 is 1.36. The van der Waals surface area contributed by atoms with Crippen molar-refractivity contribution in [3.05, 3.63) is 71.2 Å². The second kappa shape index (κ2) is 8.60. The molecule has 1 aromatic carbocycles. The van der Waals surface area contributed by atoms with Gasteiger partial charge in [0.15, 0.2) is 11.0 Å². The zero-order chi connectivity index (χ0) is 22.0. The van der Waals surface area contributed by atoms with E-state index >= 15 is 0 Å². The molecule has 0 aliphatic heterocycles. The number of nitrogens with two attached hydrogens (primary N) is 1. The number of furan rings is 1. The Morgan fingerprint density at radius 2 is 2.06 bits per heavy atom. The highest BCUT2D eigenvalue weighted by atomic mass is 32.2. The number of thioether (sulfide) groups is 1. The van der Waals surface area contributed by atoms with Crippen LogP contribution in [0.1, 0.15) is 11.6 Å². The minimum atomic E-state index is -0.613. The molecule has 0 fully saturated rings. The van der Waals surface area contributed by atoms with E-state index in [1.807, 2.05) is 23.6 Å². The second-order valence-corrected chi connectivity index (χ2v) is 7.73. The fourth-order valence-electron chi connectivity index (χ4n) is 3.28. The van der Waals surface area contributed by atoms with Crippen LogP contribution >= 0.6 is 11.8 Å². The van der Waals surface area contributed by atoms with Crippen molar-refractivity contribution in [2.75, 3.05) is 0 Å². The van der Waals surface area contributed by atoms with Crippen LogP contribution in [0.2, 0.25) is 0 Å². The van der Waals surface area contributed by atoms with Crippen molar-refractivity contribution in [1.29, 1.82) is 0 Å². The standard InChI is InChI=1S/C21H20N6O3S/c1-3-9-26-19(14-8-10-30-13(14)2)24-25-21(26)31-12-18-23-16-7-5-4-6-15(16)20(29)27(18)11-17(22)28/h3-8,10H,1,9,11-12H2,2H3,(H2,22,28). The molecule has 0 unspecified atom stereocenters. The molecule has 4 rings (SSSR count). The number of hydrogen-bond donors (Lipinski definition) is 1. The van der Waals surface area contributed by atoms with Crippen LogP contribution in [-0.4, -0.2) is 30.2 Å². The molecule has 1 amide bonds. The molecule has 0 atom stereocenters. The van der Waals surface area contributed by atoms with Crippen LogP contribution in [0.4, 0.5) is 0 Å². The molecule has 0 aliphatic rings. The van der Waals surface area contributed by atoms with E-state index < -0.39 is 5.91 Å². The summed E-state index contributed by atoms with van der Waals surface area (Å²) in [7, 11) is 0. The van der Waals surface area contributed by atoms with Gasteiger partial charge >= 0.3 is 0 Å². The van der Waals surface area contributed by atoms with E-state index in [2.05, 4.69) is 21.8 Å². The van der Waals surface area contributed by atoms with Crippen molar-refractivity contribution < 1.29 is 9.21 Å². The van der Waals surface area contributed by atoms with Crippen molar-refractivity contribution in [2.24, 2.45) is 5.73 Å². The third-order valence-corrected chi connectivity index (χ3v) is 5.68. The number of aryl methyl sites for hydroxylation is 1. The van der Waals surface area contributed by atoms with Gasteiger partial charge in [0.05, 0.1) is 28.5 Å². The monoisotopic (exact) mass is 436 g/mol. The molecule has 0 spiro atoms. The molecule has 31 heavy (non-hydrogen) atoms. The summed E-state index contributed by atoms with van der Waals surface area (Å²) < 4.78 is 8.61. The van der Waals surface area contributed by atoms with E-state index in [1.165, 1.54) is 16.3 Å². The number of hydrogen-bond acceptors (Lipinski definition) is 7. The molecule has 3 heterocycles. The smallest absolute Gasteiger partial charge is 0.261 e. The average molecular weight is 436 g/mol. The summed E-state index contributed by atoms with van der Waals surface area (Å²) in [5.74, 6) is 1.52. The lowest BCUT2D eigenvalue weighted by Crippen LogP contribution is -2.31. The maximum atomic E-state index is 12.9. The normalized spacial score (nSPS) is 11.1. The second-order valence-electron chi connectivity index (χ2n) is 6.79. The molecular formula is C21H20N6O3S. The molecule has 0 saturated heterocycles. The highest BCUT2D eigenvalue weighted by Crippen LogP contribution is 2.28. The molecule has 0 saturated carbocycles. The summed E-state index contributed by atoms with van der Waals surface area (Å²) in [5, 5.41) is 9.68. The SMILES string of the molecule is C=CCn1c(SCc2nc3ccccc3c(=O)n2CC(N)=O)nnc1-c1ccoc1C. The van der Waals surface area contributed by atoms with E-state index in [0.717, 1.165) is 11.3 Å². The number of rotatable bonds is 8. The predicted octanol–water partition coefficient (Wildman–Crippen LogP) is 2.52. The highest BCUT2D eigenvalue weighted by molar-refractivity contribution is 7.98. The van der Waals surface area contributed by atoms with Gasteiger partial charge in [0.2, 0.25) is 5.91 Å². The Labute approximate surface area is 181 Å². The van der Waals surface area contributed by atoms with Crippen LogP contribution in [0.15, 0.2) is 63.6 Å². The van der Waals surface area contributed by atoms with Crippen molar-refractivity contribution in [3.63, 3.8) is 0 Å². The van der Waals surface area contributed by atoms with E-state index in [4.69, 9.17) is 10.2 Å². The molecule has 10 heteroatoms. The summed E-state index contributed by atoms with van der Waals surface area (Å²) in [6, 6.07) is 8.84. The number of allylic oxidation sites excluding steroid dienone is 1. The Balaban J connectivity index is 1.72. The fourth-order valence-corrected chi connectivity index (χ4v) is 4.17. The number of benzene rings is 1. The lowest BCUT2D eigenvalue weighted by molar-refractivity contribution is -0.118. The molecule has 4 aromatic rings. The number of carbonyl (C=O) groups excluding carboxylic acids is 1. The Morgan fingerprint density at radius 1 is 1.26 bits per heavy atom. The Morgan fingerprint density at radius 3 is 2.77 bits per heavy atom. The number of fused-ring (bicyclic) bond motifs is 1. The Kier molecular flexibility index (Phi) is 5.72. The first-order chi connectivity index (χ1) is 15.0. The van der Waals surface area contributed by atoms with E-state index in [0.29, 0.717) is 40.0 Å². The number of primary amides is 1. The van der Waals surface area contributed by atoms with Crippen LogP contribution < -0.4 is 11.3 Å². The molecule has 0 aliphatic carbocycles. The summed E-state index contributed by atoms with van der Waals surface area (Å²) in [4.78, 5) is 29.1. The van der Waals surface area contributed by atoms with Gasteiger partial charge in [-0.1, -0.05) is 30.0 Å². The third-order valence-electron chi connectivity index (χ3n) is 4.71. The maximum absolute atomic E-state index is 12.9. The van der Waals surface area contributed by atoms with Gasteiger partial charge in [-0.15, -0.1) is 16.8 Å². The minimum Gasteiger partial charge on any atom is -0.469 e. The van der Waals surface area contributed by atoms with Crippen LogP contribution in [0.3, 0.4) is 0 Å². The molecule has 0 bridgehead atoms. The molecular weight excluding hydrogens is 416 g/mol. The van der Waals surface area contributed by atoms with E-state index in [1.54, 1.807) is 30.5 Å². The summed E-state index contributed by atoms with van der Waals surface area (Å²) in [6.07, 6.45) is 3.36. The number of amides is 1. The first-order valence-corrected chi connectivity index (χ1v) is 10.5. The van der Waals surface area contributed by atoms with Crippen molar-refractivity contribution in [1.82, 2.24) is 24.3 Å². The van der Waals surface area contributed by atoms with Gasteiger partial charge in [-0.25, -0.2) is 4.98 Å². The molecule has 0 radical (unpaired) electrons.